The summed E-state index contributed by atoms with van der Waals surface area (Å²) in [6.45, 7) is 0.342. The Morgan fingerprint density at radius 1 is 1.19 bits per heavy atom. The van der Waals surface area contributed by atoms with E-state index in [-0.39, 0.29) is 17.1 Å². The van der Waals surface area contributed by atoms with Gasteiger partial charge in [0.25, 0.3) is 0 Å². The zero-order chi connectivity index (χ0) is 18.3. The molecule has 3 aromatic heterocycles. The van der Waals surface area contributed by atoms with Gasteiger partial charge in [0.15, 0.2) is 11.3 Å². The monoisotopic (exact) mass is 361 g/mol. The van der Waals surface area contributed by atoms with Crippen LogP contribution in [0.15, 0.2) is 30.6 Å². The number of H-pyrrole nitrogens is 1. The predicted molar refractivity (Wildman–Crippen MR) is 89.6 cm³/mol. The van der Waals surface area contributed by atoms with E-state index < -0.39 is 11.9 Å². The third-order valence-corrected chi connectivity index (χ3v) is 4.03. The minimum atomic E-state index is -4.60. The Kier molecular flexibility index (Phi) is 3.74. The Morgan fingerprint density at radius 3 is 2.81 bits per heavy atom. The topological polar surface area (TPSA) is 84.3 Å². The van der Waals surface area contributed by atoms with Crippen LogP contribution in [0.5, 0.6) is 0 Å². The van der Waals surface area contributed by atoms with Crippen molar-refractivity contribution >= 4 is 28.0 Å². The van der Waals surface area contributed by atoms with Crippen molar-refractivity contribution in [1.29, 1.82) is 0 Å². The Labute approximate surface area is 145 Å². The molecule has 0 saturated heterocycles. The first kappa shape index (κ1) is 16.3. The summed E-state index contributed by atoms with van der Waals surface area (Å²) >= 11 is 0. The number of imidazole rings is 1. The van der Waals surface area contributed by atoms with Crippen LogP contribution in [-0.2, 0) is 19.6 Å². The molecule has 3 heterocycles. The van der Waals surface area contributed by atoms with E-state index in [0.717, 1.165) is 16.6 Å². The zero-order valence-electron chi connectivity index (χ0n) is 13.7. The quantitative estimate of drug-likeness (QED) is 0.584. The molecule has 4 aromatic rings. The van der Waals surface area contributed by atoms with Crippen LogP contribution >= 0.6 is 0 Å². The van der Waals surface area contributed by atoms with Gasteiger partial charge in [-0.2, -0.15) is 23.3 Å². The number of nitrogens with one attached hydrogen (secondary N) is 2. The SMILES string of the molecule is Cn1nc(CCNc2nc(C(F)(F)F)c3[nH]cnc3n2)c2ccccc21. The highest BCUT2D eigenvalue weighted by Crippen LogP contribution is 2.32. The lowest BCUT2D eigenvalue weighted by molar-refractivity contribution is -0.139. The highest BCUT2D eigenvalue weighted by atomic mass is 19.4. The van der Waals surface area contributed by atoms with Crippen molar-refractivity contribution in [2.45, 2.75) is 12.6 Å². The summed E-state index contributed by atoms with van der Waals surface area (Å²) in [5.41, 5.74) is 0.561. The fourth-order valence-electron chi connectivity index (χ4n) is 2.88. The molecule has 0 spiro atoms. The van der Waals surface area contributed by atoms with Gasteiger partial charge in [-0.1, -0.05) is 18.2 Å². The Morgan fingerprint density at radius 2 is 2.00 bits per heavy atom. The molecule has 4 rings (SSSR count). The standard InChI is InChI=1S/C16H14F3N7/c1-26-11-5-3-2-4-9(11)10(25-26)6-7-20-15-23-13(16(17,18)19)12-14(24-15)22-8-21-12/h2-5,8H,6-7H2,1H3,(H2,20,21,22,23,24). The Hall–Kier alpha value is -3.17. The van der Waals surface area contributed by atoms with E-state index in [2.05, 4.69) is 30.4 Å². The van der Waals surface area contributed by atoms with Crippen molar-refractivity contribution < 1.29 is 13.2 Å². The molecule has 0 bridgehead atoms. The number of alkyl halides is 3. The number of para-hydroxylation sites is 1. The van der Waals surface area contributed by atoms with Crippen molar-refractivity contribution in [2.75, 3.05) is 11.9 Å². The van der Waals surface area contributed by atoms with E-state index >= 15 is 0 Å². The molecular weight excluding hydrogens is 347 g/mol. The summed E-state index contributed by atoms with van der Waals surface area (Å²) in [6.07, 6.45) is -2.91. The first-order valence-corrected chi connectivity index (χ1v) is 7.86. The number of rotatable bonds is 4. The summed E-state index contributed by atoms with van der Waals surface area (Å²) in [7, 11) is 1.85. The molecule has 0 radical (unpaired) electrons. The van der Waals surface area contributed by atoms with Crippen molar-refractivity contribution in [3.63, 3.8) is 0 Å². The number of aromatic amines is 1. The van der Waals surface area contributed by atoms with Gasteiger partial charge in [-0.3, -0.25) is 4.68 Å². The van der Waals surface area contributed by atoms with Gasteiger partial charge in [0.05, 0.1) is 17.5 Å². The molecule has 26 heavy (non-hydrogen) atoms. The van der Waals surface area contributed by atoms with Gasteiger partial charge in [0, 0.05) is 25.4 Å². The molecule has 10 heteroatoms. The molecule has 1 aromatic carbocycles. The fourth-order valence-corrected chi connectivity index (χ4v) is 2.88. The molecule has 0 amide bonds. The number of hydrogen-bond acceptors (Lipinski definition) is 5. The van der Waals surface area contributed by atoms with E-state index in [4.69, 9.17) is 0 Å². The lowest BCUT2D eigenvalue weighted by Crippen LogP contribution is -2.14. The lowest BCUT2D eigenvalue weighted by atomic mass is 10.2. The molecule has 7 nitrogen and oxygen atoms in total. The molecule has 2 N–H and O–H groups in total. The van der Waals surface area contributed by atoms with Gasteiger partial charge in [0.1, 0.15) is 5.52 Å². The second-order valence-corrected chi connectivity index (χ2v) is 5.76. The maximum Gasteiger partial charge on any atom is 0.435 e. The highest BCUT2D eigenvalue weighted by molar-refractivity contribution is 5.82. The zero-order valence-corrected chi connectivity index (χ0v) is 13.7. The number of aryl methyl sites for hydroxylation is 1. The Balaban J connectivity index is 1.56. The minimum Gasteiger partial charge on any atom is -0.354 e. The number of hydrogen-bond donors (Lipinski definition) is 2. The maximum atomic E-state index is 13.2. The second kappa shape index (κ2) is 5.97. The van der Waals surface area contributed by atoms with Crippen LogP contribution in [0.1, 0.15) is 11.4 Å². The molecular formula is C16H14F3N7. The maximum absolute atomic E-state index is 13.2. The number of aromatic nitrogens is 6. The lowest BCUT2D eigenvalue weighted by Gasteiger charge is -2.09. The summed E-state index contributed by atoms with van der Waals surface area (Å²) in [5, 5.41) is 8.30. The average Bonchev–Trinajstić information content (AvgIpc) is 3.19. The average molecular weight is 361 g/mol. The molecule has 0 saturated carbocycles. The van der Waals surface area contributed by atoms with Crippen LogP contribution in [0, 0.1) is 0 Å². The van der Waals surface area contributed by atoms with Gasteiger partial charge in [-0.25, -0.2) is 9.97 Å². The van der Waals surface area contributed by atoms with Gasteiger partial charge in [-0.05, 0) is 6.07 Å². The summed E-state index contributed by atoms with van der Waals surface area (Å²) < 4.78 is 41.3. The van der Waals surface area contributed by atoms with Crippen LogP contribution in [0.2, 0.25) is 0 Å². The number of fused-ring (bicyclic) bond motifs is 2. The van der Waals surface area contributed by atoms with Gasteiger partial charge in [0.2, 0.25) is 5.95 Å². The third kappa shape index (κ3) is 2.83. The summed E-state index contributed by atoms with van der Waals surface area (Å²) in [6, 6.07) is 7.78. The van der Waals surface area contributed by atoms with Crippen LogP contribution < -0.4 is 5.32 Å². The van der Waals surface area contributed by atoms with Crippen molar-refractivity contribution in [3.05, 3.63) is 42.0 Å². The first-order valence-electron chi connectivity index (χ1n) is 7.86. The van der Waals surface area contributed by atoms with Crippen LogP contribution in [0.4, 0.5) is 19.1 Å². The van der Waals surface area contributed by atoms with Crippen LogP contribution in [0.25, 0.3) is 22.1 Å². The minimum absolute atomic E-state index is 0.0295. The molecule has 0 atom stereocenters. The van der Waals surface area contributed by atoms with Crippen molar-refractivity contribution in [2.24, 2.45) is 7.05 Å². The molecule has 0 aliphatic heterocycles. The van der Waals surface area contributed by atoms with E-state index in [1.807, 2.05) is 31.3 Å². The molecule has 0 unspecified atom stereocenters. The summed E-state index contributed by atoms with van der Waals surface area (Å²) in [5.74, 6) is -0.114. The van der Waals surface area contributed by atoms with Crippen molar-refractivity contribution in [1.82, 2.24) is 29.7 Å². The third-order valence-electron chi connectivity index (χ3n) is 4.03. The number of anilines is 1. The highest BCUT2D eigenvalue weighted by Gasteiger charge is 2.36. The van der Waals surface area contributed by atoms with Crippen molar-refractivity contribution in [3.8, 4) is 0 Å². The van der Waals surface area contributed by atoms with E-state index in [1.54, 1.807) is 4.68 Å². The number of nitrogens with zero attached hydrogens (tertiary/aromatic N) is 5. The molecule has 0 aliphatic carbocycles. The second-order valence-electron chi connectivity index (χ2n) is 5.76. The largest absolute Gasteiger partial charge is 0.435 e. The molecule has 0 aliphatic rings. The number of benzene rings is 1. The van der Waals surface area contributed by atoms with E-state index in [9.17, 15) is 13.2 Å². The van der Waals surface area contributed by atoms with E-state index in [0.29, 0.717) is 13.0 Å². The Bertz CT molecular complexity index is 1080. The molecule has 134 valence electrons. The molecule has 0 fully saturated rings. The number of halogens is 3. The van der Waals surface area contributed by atoms with Crippen LogP contribution in [-0.4, -0.2) is 36.3 Å². The van der Waals surface area contributed by atoms with E-state index in [1.165, 1.54) is 6.33 Å². The first-order chi connectivity index (χ1) is 12.4. The normalized spacial score (nSPS) is 12.2. The predicted octanol–water partition coefficient (Wildman–Crippen LogP) is 2.91. The smallest absolute Gasteiger partial charge is 0.354 e. The fraction of sp³-hybridized carbons (Fsp3) is 0.250. The van der Waals surface area contributed by atoms with Gasteiger partial charge < -0.3 is 10.3 Å². The van der Waals surface area contributed by atoms with Gasteiger partial charge >= 0.3 is 6.18 Å². The summed E-state index contributed by atoms with van der Waals surface area (Å²) in [4.78, 5) is 13.8. The van der Waals surface area contributed by atoms with Gasteiger partial charge in [-0.15, -0.1) is 0 Å². The van der Waals surface area contributed by atoms with Crippen LogP contribution in [0.3, 0.4) is 0 Å².